The van der Waals surface area contributed by atoms with E-state index in [1.807, 2.05) is 0 Å². The molecule has 0 aliphatic carbocycles. The molecule has 0 aliphatic rings. The zero-order chi connectivity index (χ0) is 21.1. The average Bonchev–Trinajstić information content (AvgIpc) is 2.64. The van der Waals surface area contributed by atoms with Gasteiger partial charge in [0.1, 0.15) is 0 Å². The van der Waals surface area contributed by atoms with Gasteiger partial charge in [0, 0.05) is 0 Å². The van der Waals surface area contributed by atoms with Gasteiger partial charge in [-0.15, -0.1) is 0 Å². The maximum Gasteiger partial charge on any atom is 0.267 e. The number of hydrogen-bond donors (Lipinski definition) is 2. The van der Waals surface area contributed by atoms with Crippen LogP contribution in [0.15, 0.2) is 0 Å². The summed E-state index contributed by atoms with van der Waals surface area (Å²) in [5.41, 5.74) is 0. The fraction of sp³-hybridized carbons (Fsp3) is 1.00. The van der Waals surface area contributed by atoms with Crippen LogP contribution in [0.25, 0.3) is 0 Å². The number of aliphatic hydroxyl groups is 1. The molecule has 170 valence electrons. The van der Waals surface area contributed by atoms with E-state index in [2.05, 4.69) is 13.8 Å². The lowest BCUT2D eigenvalue weighted by Crippen LogP contribution is -2.21. The molecule has 0 aromatic heterocycles. The van der Waals surface area contributed by atoms with E-state index in [1.165, 1.54) is 64.2 Å². The zero-order valence-corrected chi connectivity index (χ0v) is 19.5. The quantitative estimate of drug-likeness (QED) is 0.154. The molecule has 0 bridgehead atoms. The van der Waals surface area contributed by atoms with Crippen LogP contribution in [0.3, 0.4) is 0 Å². The molecule has 0 amide bonds. The fourth-order valence-electron chi connectivity index (χ4n) is 3.83. The van der Waals surface area contributed by atoms with E-state index >= 15 is 0 Å². The molecule has 0 spiro atoms. The number of rotatable bonds is 21. The third-order valence-corrected chi connectivity index (χ3v) is 7.07. The molecule has 2 N–H and O–H groups in total. The molecule has 0 aromatic carbocycles. The van der Waals surface area contributed by atoms with Gasteiger partial charge in [0.2, 0.25) is 0 Å². The lowest BCUT2D eigenvalue weighted by atomic mass is 10.0. The van der Waals surface area contributed by atoms with Crippen LogP contribution in [0.2, 0.25) is 0 Å². The molecule has 2 atom stereocenters. The normalized spacial score (nSPS) is 14.3. The van der Waals surface area contributed by atoms with E-state index in [9.17, 15) is 18.1 Å². The van der Waals surface area contributed by atoms with Crippen LogP contribution in [-0.4, -0.2) is 29.4 Å². The summed E-state index contributed by atoms with van der Waals surface area (Å²) in [6.45, 7) is 4.42. The van der Waals surface area contributed by atoms with Crippen molar-refractivity contribution >= 4 is 10.1 Å². The van der Waals surface area contributed by atoms with Gasteiger partial charge >= 0.3 is 0 Å². The molecule has 0 heterocycles. The molecule has 4 nitrogen and oxygen atoms in total. The van der Waals surface area contributed by atoms with Gasteiger partial charge < -0.3 is 5.11 Å². The Morgan fingerprint density at radius 1 is 0.571 bits per heavy atom. The fourth-order valence-corrected chi connectivity index (χ4v) is 4.76. The van der Waals surface area contributed by atoms with Gasteiger partial charge in [-0.2, -0.15) is 8.42 Å². The second-order valence-electron chi connectivity index (χ2n) is 8.54. The van der Waals surface area contributed by atoms with Crippen molar-refractivity contribution in [2.75, 3.05) is 0 Å². The maximum absolute atomic E-state index is 11.6. The Bertz CT molecular complexity index is 422. The summed E-state index contributed by atoms with van der Waals surface area (Å²) in [7, 11) is -3.98. The first-order valence-electron chi connectivity index (χ1n) is 12.1. The van der Waals surface area contributed by atoms with Crippen molar-refractivity contribution < 1.29 is 18.1 Å². The Labute approximate surface area is 175 Å². The molecular weight excluding hydrogens is 372 g/mol. The SMILES string of the molecule is CCCCCCCCCC(O)CCCC(CCCCCCCCC)S(=O)(=O)O. The topological polar surface area (TPSA) is 74.6 Å². The summed E-state index contributed by atoms with van der Waals surface area (Å²) < 4.78 is 32.7. The van der Waals surface area contributed by atoms with E-state index in [0.717, 1.165) is 32.1 Å². The zero-order valence-electron chi connectivity index (χ0n) is 18.7. The highest BCUT2D eigenvalue weighted by Gasteiger charge is 2.22. The summed E-state index contributed by atoms with van der Waals surface area (Å²) in [4.78, 5) is 0. The summed E-state index contributed by atoms with van der Waals surface area (Å²) in [6, 6.07) is 0. The minimum Gasteiger partial charge on any atom is -0.393 e. The Hall–Kier alpha value is -0.130. The molecular formula is C23H48O4S. The molecule has 0 saturated carbocycles. The maximum atomic E-state index is 11.6. The Kier molecular flexibility index (Phi) is 18.8. The molecule has 5 heteroatoms. The highest BCUT2D eigenvalue weighted by atomic mass is 32.2. The minimum atomic E-state index is -3.98. The summed E-state index contributed by atoms with van der Waals surface area (Å²) in [6.07, 6.45) is 19.5. The van der Waals surface area contributed by atoms with Gasteiger partial charge in [-0.1, -0.05) is 104 Å². The Morgan fingerprint density at radius 2 is 0.929 bits per heavy atom. The van der Waals surface area contributed by atoms with Crippen molar-refractivity contribution in [3.63, 3.8) is 0 Å². The van der Waals surface area contributed by atoms with E-state index < -0.39 is 15.4 Å². The first kappa shape index (κ1) is 27.9. The third-order valence-electron chi connectivity index (χ3n) is 5.76. The molecule has 2 unspecified atom stereocenters. The second kappa shape index (κ2) is 18.9. The molecule has 0 fully saturated rings. The predicted molar refractivity (Wildman–Crippen MR) is 120 cm³/mol. The largest absolute Gasteiger partial charge is 0.393 e. The van der Waals surface area contributed by atoms with Gasteiger partial charge in [0.15, 0.2) is 0 Å². The number of aliphatic hydroxyl groups excluding tert-OH is 1. The van der Waals surface area contributed by atoms with Gasteiger partial charge in [-0.3, -0.25) is 4.55 Å². The molecule has 0 radical (unpaired) electrons. The van der Waals surface area contributed by atoms with Crippen molar-refractivity contribution in [2.45, 2.75) is 147 Å². The Morgan fingerprint density at radius 3 is 1.39 bits per heavy atom. The summed E-state index contributed by atoms with van der Waals surface area (Å²) >= 11 is 0. The van der Waals surface area contributed by atoms with Crippen molar-refractivity contribution in [1.29, 1.82) is 0 Å². The summed E-state index contributed by atoms with van der Waals surface area (Å²) in [5, 5.41) is 9.45. The van der Waals surface area contributed by atoms with Crippen LogP contribution in [0.1, 0.15) is 136 Å². The number of unbranched alkanes of at least 4 members (excludes halogenated alkanes) is 12. The highest BCUT2D eigenvalue weighted by molar-refractivity contribution is 7.86. The smallest absolute Gasteiger partial charge is 0.267 e. The van der Waals surface area contributed by atoms with Gasteiger partial charge in [-0.25, -0.2) is 0 Å². The van der Waals surface area contributed by atoms with Crippen LogP contribution in [0, 0.1) is 0 Å². The van der Waals surface area contributed by atoms with Crippen molar-refractivity contribution in [3.05, 3.63) is 0 Å². The molecule has 0 aliphatic heterocycles. The van der Waals surface area contributed by atoms with Gasteiger partial charge in [-0.05, 0) is 32.1 Å². The molecule has 0 saturated heterocycles. The van der Waals surface area contributed by atoms with Crippen molar-refractivity contribution in [1.82, 2.24) is 0 Å². The standard InChI is InChI=1S/C23H48O4S/c1-3-5-7-9-11-13-15-18-22(24)19-17-21-23(28(25,26)27)20-16-14-12-10-8-6-4-2/h22-24H,3-21H2,1-2H3,(H,25,26,27). The monoisotopic (exact) mass is 420 g/mol. The molecule has 0 aromatic rings. The molecule has 28 heavy (non-hydrogen) atoms. The average molecular weight is 421 g/mol. The van der Waals surface area contributed by atoms with E-state index in [0.29, 0.717) is 25.7 Å². The molecule has 0 rings (SSSR count). The predicted octanol–water partition coefficient (Wildman–Crippen LogP) is 7.06. The lowest BCUT2D eigenvalue weighted by Gasteiger charge is -2.15. The lowest BCUT2D eigenvalue weighted by molar-refractivity contribution is 0.147. The number of hydrogen-bond acceptors (Lipinski definition) is 3. The Balaban J connectivity index is 3.82. The van der Waals surface area contributed by atoms with E-state index in [1.54, 1.807) is 0 Å². The highest BCUT2D eigenvalue weighted by Crippen LogP contribution is 2.20. The van der Waals surface area contributed by atoms with Crippen LogP contribution in [0.4, 0.5) is 0 Å². The van der Waals surface area contributed by atoms with Gasteiger partial charge in [0.25, 0.3) is 10.1 Å². The van der Waals surface area contributed by atoms with Crippen LogP contribution < -0.4 is 0 Å². The van der Waals surface area contributed by atoms with Gasteiger partial charge in [0.05, 0.1) is 11.4 Å². The first-order valence-corrected chi connectivity index (χ1v) is 13.6. The summed E-state index contributed by atoms with van der Waals surface area (Å²) in [5.74, 6) is 0. The van der Waals surface area contributed by atoms with E-state index in [4.69, 9.17) is 0 Å². The van der Waals surface area contributed by atoms with Crippen LogP contribution >= 0.6 is 0 Å². The van der Waals surface area contributed by atoms with Crippen LogP contribution in [0.5, 0.6) is 0 Å². The third kappa shape index (κ3) is 17.9. The van der Waals surface area contributed by atoms with E-state index in [-0.39, 0.29) is 6.10 Å². The first-order chi connectivity index (χ1) is 13.4. The van der Waals surface area contributed by atoms with Crippen LogP contribution in [-0.2, 0) is 10.1 Å². The minimum absolute atomic E-state index is 0.337. The second-order valence-corrected chi connectivity index (χ2v) is 10.2. The van der Waals surface area contributed by atoms with Crippen molar-refractivity contribution in [2.24, 2.45) is 0 Å². The van der Waals surface area contributed by atoms with Crippen molar-refractivity contribution in [3.8, 4) is 0 Å².